The monoisotopic (exact) mass is 492 g/mol. The Morgan fingerprint density at radius 1 is 0.941 bits per heavy atom. The van der Waals surface area contributed by atoms with E-state index in [1.54, 1.807) is 17.0 Å². The number of nitrogens with one attached hydrogen (secondary N) is 1. The molecule has 0 saturated carbocycles. The zero-order valence-electron chi connectivity index (χ0n) is 19.8. The Morgan fingerprint density at radius 3 is 2.35 bits per heavy atom. The van der Waals surface area contributed by atoms with E-state index in [9.17, 15) is 18.0 Å². The maximum atomic E-state index is 13.1. The zero-order valence-corrected chi connectivity index (χ0v) is 20.6. The number of carbonyl (C=O) groups is 2. The van der Waals surface area contributed by atoms with Gasteiger partial charge in [0.1, 0.15) is 0 Å². The van der Waals surface area contributed by atoms with Gasteiger partial charge in [-0.15, -0.1) is 0 Å². The molecule has 0 radical (unpaired) electrons. The van der Waals surface area contributed by atoms with Gasteiger partial charge in [0.25, 0.3) is 5.91 Å². The van der Waals surface area contributed by atoms with Gasteiger partial charge in [0.15, 0.2) is 0 Å². The molecule has 3 fully saturated rings. The van der Waals surface area contributed by atoms with Crippen LogP contribution in [0.15, 0.2) is 29.2 Å². The van der Waals surface area contributed by atoms with Gasteiger partial charge in [0.05, 0.1) is 17.5 Å². The maximum Gasteiger partial charge on any atom is 0.253 e. The van der Waals surface area contributed by atoms with Crippen LogP contribution in [0.1, 0.15) is 48.9 Å². The lowest BCUT2D eigenvalue weighted by Gasteiger charge is -2.35. The summed E-state index contributed by atoms with van der Waals surface area (Å²) in [5.74, 6) is -0.00948. The molecule has 1 N–H and O–H groups in total. The lowest BCUT2D eigenvalue weighted by Crippen LogP contribution is -2.51. The molecule has 3 saturated heterocycles. The number of benzene rings is 1. The van der Waals surface area contributed by atoms with Gasteiger partial charge < -0.3 is 14.5 Å². The first-order chi connectivity index (χ1) is 16.4. The summed E-state index contributed by atoms with van der Waals surface area (Å²) in [5.41, 5.74) is 0.356. The second-order valence-corrected chi connectivity index (χ2v) is 11.1. The van der Waals surface area contributed by atoms with Crippen LogP contribution < -0.4 is 4.72 Å². The number of hydrogen-bond acceptors (Lipinski definition) is 6. The fourth-order valence-electron chi connectivity index (χ4n) is 4.79. The van der Waals surface area contributed by atoms with Gasteiger partial charge in [-0.05, 0) is 43.9 Å². The first-order valence-electron chi connectivity index (χ1n) is 12.4. The van der Waals surface area contributed by atoms with Gasteiger partial charge in [0, 0.05) is 58.0 Å². The SMILES string of the molecule is O=C(CN1CCN(C(=O)c2cccc(S(=O)(=O)NCC3CCCO3)c2)CC1)N1CCCCCC1. The number of piperazine rings is 1. The van der Waals surface area contributed by atoms with Crippen LogP contribution in [0.2, 0.25) is 0 Å². The Balaban J connectivity index is 1.29. The van der Waals surface area contributed by atoms with Crippen molar-refractivity contribution in [3.8, 4) is 0 Å². The van der Waals surface area contributed by atoms with E-state index in [1.807, 2.05) is 4.90 Å². The van der Waals surface area contributed by atoms with E-state index in [0.29, 0.717) is 44.9 Å². The van der Waals surface area contributed by atoms with E-state index in [4.69, 9.17) is 4.74 Å². The average Bonchev–Trinajstić information content (AvgIpc) is 3.23. The number of sulfonamides is 1. The molecule has 10 heteroatoms. The molecule has 1 aromatic rings. The Bertz CT molecular complexity index is 948. The van der Waals surface area contributed by atoms with E-state index in [2.05, 4.69) is 9.62 Å². The van der Waals surface area contributed by atoms with Crippen LogP contribution >= 0.6 is 0 Å². The second kappa shape index (κ2) is 11.6. The first-order valence-corrected chi connectivity index (χ1v) is 13.9. The Kier molecular flexibility index (Phi) is 8.57. The summed E-state index contributed by atoms with van der Waals surface area (Å²) in [4.78, 5) is 31.6. The van der Waals surface area contributed by atoms with Crippen LogP contribution in [0.5, 0.6) is 0 Å². The minimum atomic E-state index is -3.72. The number of amides is 2. The van der Waals surface area contributed by atoms with Gasteiger partial charge in [-0.1, -0.05) is 18.9 Å². The highest BCUT2D eigenvalue weighted by atomic mass is 32.2. The van der Waals surface area contributed by atoms with Gasteiger partial charge in [-0.25, -0.2) is 13.1 Å². The molecule has 0 aliphatic carbocycles. The molecule has 188 valence electrons. The fraction of sp³-hybridized carbons (Fsp3) is 0.667. The molecule has 4 rings (SSSR count). The Labute approximate surface area is 202 Å². The highest BCUT2D eigenvalue weighted by Crippen LogP contribution is 2.17. The van der Waals surface area contributed by atoms with Gasteiger partial charge in [-0.2, -0.15) is 0 Å². The molecule has 3 aliphatic rings. The molecule has 9 nitrogen and oxygen atoms in total. The standard InChI is InChI=1S/C24H36N4O5S/c29-23(27-10-3-1-2-4-11-27)19-26-12-14-28(15-13-26)24(30)20-7-5-9-22(17-20)34(31,32)25-18-21-8-6-16-33-21/h5,7,9,17,21,25H,1-4,6,8,10-16,18-19H2. The number of carbonyl (C=O) groups excluding carboxylic acids is 2. The second-order valence-electron chi connectivity index (χ2n) is 9.38. The van der Waals surface area contributed by atoms with Crippen LogP contribution in [0.4, 0.5) is 0 Å². The topological polar surface area (TPSA) is 99.3 Å². The third-order valence-electron chi connectivity index (χ3n) is 6.89. The van der Waals surface area contributed by atoms with Crippen LogP contribution in [0.25, 0.3) is 0 Å². The first kappa shape index (κ1) is 25.1. The summed E-state index contributed by atoms with van der Waals surface area (Å²) in [5, 5.41) is 0. The van der Waals surface area contributed by atoms with Crippen molar-refractivity contribution in [2.45, 2.75) is 49.5 Å². The average molecular weight is 493 g/mol. The number of nitrogens with zero attached hydrogens (tertiary/aromatic N) is 3. The van der Waals surface area contributed by atoms with E-state index >= 15 is 0 Å². The molecular weight excluding hydrogens is 456 g/mol. The maximum absolute atomic E-state index is 13.1. The van der Waals surface area contributed by atoms with E-state index in [1.165, 1.54) is 25.0 Å². The summed E-state index contributed by atoms with van der Waals surface area (Å²) >= 11 is 0. The van der Waals surface area contributed by atoms with Crippen molar-refractivity contribution in [2.75, 3.05) is 59.0 Å². The van der Waals surface area contributed by atoms with Crippen LogP contribution in [-0.4, -0.2) is 100 Å². The molecule has 0 spiro atoms. The molecule has 1 unspecified atom stereocenters. The quantitative estimate of drug-likeness (QED) is 0.616. The van der Waals surface area contributed by atoms with Crippen molar-refractivity contribution in [1.82, 2.24) is 19.4 Å². The van der Waals surface area contributed by atoms with Crippen molar-refractivity contribution >= 4 is 21.8 Å². The molecule has 1 atom stereocenters. The van der Waals surface area contributed by atoms with E-state index in [0.717, 1.165) is 38.8 Å². The fourth-order valence-corrected chi connectivity index (χ4v) is 5.90. The Morgan fingerprint density at radius 2 is 1.68 bits per heavy atom. The van der Waals surface area contributed by atoms with Crippen molar-refractivity contribution < 1.29 is 22.7 Å². The predicted molar refractivity (Wildman–Crippen MR) is 128 cm³/mol. The van der Waals surface area contributed by atoms with E-state index in [-0.39, 0.29) is 29.4 Å². The molecule has 1 aromatic carbocycles. The van der Waals surface area contributed by atoms with Crippen molar-refractivity contribution in [3.63, 3.8) is 0 Å². The molecule has 2 amide bonds. The number of likely N-dealkylation sites (tertiary alicyclic amines) is 1. The Hall–Kier alpha value is -2.01. The van der Waals surface area contributed by atoms with Gasteiger partial charge in [-0.3, -0.25) is 14.5 Å². The third-order valence-corrected chi connectivity index (χ3v) is 8.31. The van der Waals surface area contributed by atoms with Crippen molar-refractivity contribution in [3.05, 3.63) is 29.8 Å². The van der Waals surface area contributed by atoms with Crippen molar-refractivity contribution in [1.29, 1.82) is 0 Å². The molecule has 34 heavy (non-hydrogen) atoms. The van der Waals surface area contributed by atoms with Crippen LogP contribution in [0, 0.1) is 0 Å². The van der Waals surface area contributed by atoms with Crippen LogP contribution in [-0.2, 0) is 19.6 Å². The summed E-state index contributed by atoms with van der Waals surface area (Å²) < 4.78 is 33.5. The highest BCUT2D eigenvalue weighted by molar-refractivity contribution is 7.89. The van der Waals surface area contributed by atoms with Gasteiger partial charge in [0.2, 0.25) is 15.9 Å². The number of hydrogen-bond donors (Lipinski definition) is 1. The van der Waals surface area contributed by atoms with E-state index < -0.39 is 10.0 Å². The third kappa shape index (κ3) is 6.56. The normalized spacial score (nSPS) is 22.5. The molecule has 3 aliphatic heterocycles. The highest BCUT2D eigenvalue weighted by Gasteiger charge is 2.26. The number of rotatable bonds is 7. The minimum Gasteiger partial charge on any atom is -0.377 e. The lowest BCUT2D eigenvalue weighted by molar-refractivity contribution is -0.132. The summed E-state index contributed by atoms with van der Waals surface area (Å²) in [6, 6.07) is 6.19. The largest absolute Gasteiger partial charge is 0.377 e. The minimum absolute atomic E-state index is 0.0815. The molecule has 0 bridgehead atoms. The van der Waals surface area contributed by atoms with Crippen molar-refractivity contribution in [2.24, 2.45) is 0 Å². The lowest BCUT2D eigenvalue weighted by atomic mass is 10.2. The smallest absolute Gasteiger partial charge is 0.253 e. The summed E-state index contributed by atoms with van der Waals surface area (Å²) in [7, 11) is -3.72. The molecular formula is C24H36N4O5S. The zero-order chi connectivity index (χ0) is 24.0. The summed E-state index contributed by atoms with van der Waals surface area (Å²) in [6.07, 6.45) is 6.23. The number of ether oxygens (including phenoxy) is 1. The van der Waals surface area contributed by atoms with Gasteiger partial charge >= 0.3 is 0 Å². The molecule has 0 aromatic heterocycles. The summed E-state index contributed by atoms with van der Waals surface area (Å²) in [6.45, 7) is 5.28. The predicted octanol–water partition coefficient (Wildman–Crippen LogP) is 1.30. The van der Waals surface area contributed by atoms with Crippen LogP contribution in [0.3, 0.4) is 0 Å². The molecule has 3 heterocycles.